The van der Waals surface area contributed by atoms with Gasteiger partial charge >= 0.3 is 0 Å². The van der Waals surface area contributed by atoms with Crippen molar-refractivity contribution in [3.05, 3.63) is 53.6 Å². The third-order valence-electron chi connectivity index (χ3n) is 2.90. The number of hydrogen-bond acceptors (Lipinski definition) is 3. The molecule has 1 N–H and O–H groups in total. The number of hydrogen-bond donors (Lipinski definition) is 1. The number of para-hydroxylation sites is 2. The van der Waals surface area contributed by atoms with Crippen molar-refractivity contribution in [3.8, 4) is 6.07 Å². The second-order valence-corrected chi connectivity index (χ2v) is 5.31. The molecule has 0 bridgehead atoms. The first-order valence-electron chi connectivity index (χ1n) is 5.89. The SMILES string of the molecule is Cc1cc(Sc2nc3ccccc3[nH]2)ccc1C#N. The van der Waals surface area contributed by atoms with Crippen LogP contribution in [0.5, 0.6) is 0 Å². The smallest absolute Gasteiger partial charge is 0.171 e. The molecule has 0 radical (unpaired) electrons. The zero-order valence-electron chi connectivity index (χ0n) is 10.3. The van der Waals surface area contributed by atoms with E-state index in [1.807, 2.05) is 49.4 Å². The van der Waals surface area contributed by atoms with Crippen LogP contribution >= 0.6 is 11.8 Å². The van der Waals surface area contributed by atoms with Gasteiger partial charge in [-0.05, 0) is 42.8 Å². The highest BCUT2D eigenvalue weighted by molar-refractivity contribution is 7.99. The normalized spacial score (nSPS) is 10.5. The van der Waals surface area contributed by atoms with E-state index in [9.17, 15) is 0 Å². The third-order valence-corrected chi connectivity index (χ3v) is 3.78. The van der Waals surface area contributed by atoms with Crippen LogP contribution < -0.4 is 0 Å². The molecule has 0 fully saturated rings. The first kappa shape index (κ1) is 11.8. The van der Waals surface area contributed by atoms with Crippen LogP contribution in [0.2, 0.25) is 0 Å². The predicted octanol–water partition coefficient (Wildman–Crippen LogP) is 3.89. The lowest BCUT2D eigenvalue weighted by Crippen LogP contribution is -1.83. The van der Waals surface area contributed by atoms with Gasteiger partial charge in [-0.15, -0.1) is 0 Å². The van der Waals surface area contributed by atoms with Gasteiger partial charge in [0.1, 0.15) is 0 Å². The maximum absolute atomic E-state index is 8.92. The van der Waals surface area contributed by atoms with Crippen LogP contribution in [0.15, 0.2) is 52.5 Å². The summed E-state index contributed by atoms with van der Waals surface area (Å²) < 4.78 is 0. The molecule has 0 aliphatic carbocycles. The molecular formula is C15H11N3S. The number of nitrogens with one attached hydrogen (secondary N) is 1. The topological polar surface area (TPSA) is 52.5 Å². The van der Waals surface area contributed by atoms with Gasteiger partial charge in [0.05, 0.1) is 22.7 Å². The minimum Gasteiger partial charge on any atom is -0.333 e. The van der Waals surface area contributed by atoms with E-state index in [4.69, 9.17) is 5.26 Å². The standard InChI is InChI=1S/C15H11N3S/c1-10-8-12(7-6-11(10)9-16)19-15-17-13-4-2-3-5-14(13)18-15/h2-8H,1H3,(H,17,18). The molecule has 0 saturated carbocycles. The molecule has 2 aromatic carbocycles. The van der Waals surface area contributed by atoms with Crippen molar-refractivity contribution in [2.24, 2.45) is 0 Å². The zero-order valence-corrected chi connectivity index (χ0v) is 11.2. The summed E-state index contributed by atoms with van der Waals surface area (Å²) in [6, 6.07) is 15.9. The molecule has 0 spiro atoms. The van der Waals surface area contributed by atoms with E-state index in [1.165, 1.54) is 0 Å². The molecule has 0 amide bonds. The summed E-state index contributed by atoms with van der Waals surface area (Å²) in [7, 11) is 0. The van der Waals surface area contributed by atoms with Crippen molar-refractivity contribution in [3.63, 3.8) is 0 Å². The fourth-order valence-electron chi connectivity index (χ4n) is 1.91. The summed E-state index contributed by atoms with van der Waals surface area (Å²) in [4.78, 5) is 8.88. The molecule has 0 aliphatic rings. The highest BCUT2D eigenvalue weighted by Gasteiger charge is 2.05. The van der Waals surface area contributed by atoms with Crippen molar-refractivity contribution in [1.29, 1.82) is 5.26 Å². The Hall–Kier alpha value is -2.25. The zero-order chi connectivity index (χ0) is 13.2. The summed E-state index contributed by atoms with van der Waals surface area (Å²) >= 11 is 1.57. The Balaban J connectivity index is 1.92. The summed E-state index contributed by atoms with van der Waals surface area (Å²) in [6.45, 7) is 1.95. The van der Waals surface area contributed by atoms with Gasteiger partial charge in [0.15, 0.2) is 5.16 Å². The maximum atomic E-state index is 8.92. The number of aryl methyl sites for hydroxylation is 1. The van der Waals surface area contributed by atoms with E-state index in [0.717, 1.165) is 26.6 Å². The van der Waals surface area contributed by atoms with Gasteiger partial charge in [0, 0.05) is 4.90 Å². The van der Waals surface area contributed by atoms with E-state index < -0.39 is 0 Å². The summed E-state index contributed by atoms with van der Waals surface area (Å²) in [5.41, 5.74) is 3.71. The van der Waals surface area contributed by atoms with Gasteiger partial charge < -0.3 is 4.98 Å². The van der Waals surface area contributed by atoms with Crippen LogP contribution in [0.25, 0.3) is 11.0 Å². The van der Waals surface area contributed by atoms with E-state index in [0.29, 0.717) is 5.56 Å². The van der Waals surface area contributed by atoms with Crippen molar-refractivity contribution in [2.45, 2.75) is 17.0 Å². The van der Waals surface area contributed by atoms with Gasteiger partial charge in [-0.3, -0.25) is 0 Å². The molecule has 0 atom stereocenters. The lowest BCUT2D eigenvalue weighted by Gasteiger charge is -2.01. The second kappa shape index (κ2) is 4.79. The molecule has 19 heavy (non-hydrogen) atoms. The first-order valence-corrected chi connectivity index (χ1v) is 6.71. The Bertz CT molecular complexity index is 750. The minimum absolute atomic E-state index is 0.717. The van der Waals surface area contributed by atoms with E-state index in [-0.39, 0.29) is 0 Å². The van der Waals surface area contributed by atoms with Crippen molar-refractivity contribution >= 4 is 22.8 Å². The average molecular weight is 265 g/mol. The lowest BCUT2D eigenvalue weighted by molar-refractivity contribution is 1.08. The number of aromatic amines is 1. The Labute approximate surface area is 115 Å². The lowest BCUT2D eigenvalue weighted by atomic mass is 10.1. The molecule has 3 aromatic rings. The largest absolute Gasteiger partial charge is 0.333 e. The van der Waals surface area contributed by atoms with Crippen molar-refractivity contribution in [1.82, 2.24) is 9.97 Å². The fraction of sp³-hybridized carbons (Fsp3) is 0.0667. The molecule has 0 saturated heterocycles. The fourth-order valence-corrected chi connectivity index (χ4v) is 2.81. The highest BCUT2D eigenvalue weighted by Crippen LogP contribution is 2.28. The molecule has 1 heterocycles. The molecule has 0 unspecified atom stereocenters. The number of H-pyrrole nitrogens is 1. The van der Waals surface area contributed by atoms with Crippen LogP contribution in [0.4, 0.5) is 0 Å². The van der Waals surface area contributed by atoms with E-state index in [2.05, 4.69) is 16.0 Å². The van der Waals surface area contributed by atoms with Gasteiger partial charge in [-0.2, -0.15) is 5.26 Å². The molecule has 3 nitrogen and oxygen atoms in total. The van der Waals surface area contributed by atoms with Crippen LogP contribution in [0, 0.1) is 18.3 Å². The van der Waals surface area contributed by atoms with Crippen molar-refractivity contribution in [2.75, 3.05) is 0 Å². The van der Waals surface area contributed by atoms with Crippen LogP contribution in [0.3, 0.4) is 0 Å². The maximum Gasteiger partial charge on any atom is 0.171 e. The van der Waals surface area contributed by atoms with E-state index in [1.54, 1.807) is 11.8 Å². The Morgan fingerprint density at radius 3 is 2.79 bits per heavy atom. The Morgan fingerprint density at radius 1 is 1.21 bits per heavy atom. The van der Waals surface area contributed by atoms with Crippen molar-refractivity contribution < 1.29 is 0 Å². The summed E-state index contributed by atoms with van der Waals surface area (Å²) in [5, 5.41) is 9.79. The quantitative estimate of drug-likeness (QED) is 0.764. The average Bonchev–Trinajstić information content (AvgIpc) is 2.81. The highest BCUT2D eigenvalue weighted by atomic mass is 32.2. The number of nitriles is 1. The second-order valence-electron chi connectivity index (χ2n) is 4.25. The Morgan fingerprint density at radius 2 is 2.05 bits per heavy atom. The van der Waals surface area contributed by atoms with Crippen LogP contribution in [0.1, 0.15) is 11.1 Å². The third kappa shape index (κ3) is 2.33. The molecule has 92 valence electrons. The Kier molecular flexibility index (Phi) is 2.98. The molecule has 3 rings (SSSR count). The molecule has 1 aromatic heterocycles. The first-order chi connectivity index (χ1) is 9.26. The molecular weight excluding hydrogens is 254 g/mol. The molecule has 4 heteroatoms. The minimum atomic E-state index is 0.717. The molecule has 0 aliphatic heterocycles. The number of imidazole rings is 1. The number of fused-ring (bicyclic) bond motifs is 1. The number of rotatable bonds is 2. The summed E-state index contributed by atoms with van der Waals surface area (Å²) in [5.74, 6) is 0. The summed E-state index contributed by atoms with van der Waals surface area (Å²) in [6.07, 6.45) is 0. The van der Waals surface area contributed by atoms with Crippen LogP contribution in [-0.2, 0) is 0 Å². The van der Waals surface area contributed by atoms with Crippen LogP contribution in [-0.4, -0.2) is 9.97 Å². The number of nitrogens with zero attached hydrogens (tertiary/aromatic N) is 2. The van der Waals surface area contributed by atoms with Gasteiger partial charge in [0.2, 0.25) is 0 Å². The van der Waals surface area contributed by atoms with Gasteiger partial charge in [0.25, 0.3) is 0 Å². The van der Waals surface area contributed by atoms with E-state index >= 15 is 0 Å². The number of benzene rings is 2. The predicted molar refractivity (Wildman–Crippen MR) is 76.1 cm³/mol. The van der Waals surface area contributed by atoms with Gasteiger partial charge in [-0.1, -0.05) is 23.9 Å². The number of aromatic nitrogens is 2. The van der Waals surface area contributed by atoms with Gasteiger partial charge in [-0.25, -0.2) is 4.98 Å². The monoisotopic (exact) mass is 265 g/mol.